The maximum absolute atomic E-state index is 10.9. The molecular formula is C7H8NO3. The first-order chi connectivity index (χ1) is 5.24. The van der Waals surface area contributed by atoms with Crippen LogP contribution < -0.4 is 0 Å². The highest BCUT2D eigenvalue weighted by Crippen LogP contribution is 2.10. The molecule has 0 aliphatic rings. The van der Waals surface area contributed by atoms with Gasteiger partial charge >= 0.3 is 5.97 Å². The molecule has 0 bridgehead atoms. The fourth-order valence-corrected chi connectivity index (χ4v) is 0.701. The lowest BCUT2D eigenvalue weighted by Crippen LogP contribution is -2.04. The molecule has 1 aromatic rings. The zero-order chi connectivity index (χ0) is 8.27. The van der Waals surface area contributed by atoms with Crippen LogP contribution in [0.2, 0.25) is 0 Å². The molecule has 4 nitrogen and oxygen atoms in total. The predicted molar refractivity (Wildman–Crippen MR) is 36.9 cm³/mol. The number of aromatic nitrogens is 1. The number of carbonyl (C=O) groups is 1. The summed E-state index contributed by atoms with van der Waals surface area (Å²) >= 11 is 0. The van der Waals surface area contributed by atoms with E-state index < -0.39 is 5.97 Å². The molecule has 0 spiro atoms. The van der Waals surface area contributed by atoms with E-state index in [1.807, 2.05) is 0 Å². The summed E-state index contributed by atoms with van der Waals surface area (Å²) in [6.45, 7) is 2.02. The van der Waals surface area contributed by atoms with E-state index in [4.69, 9.17) is 0 Å². The minimum atomic E-state index is -0.491. The van der Waals surface area contributed by atoms with Crippen LogP contribution in [0.25, 0.3) is 0 Å². The number of aromatic amines is 1. The number of hydrogen-bond acceptors (Lipinski definition) is 2. The molecule has 0 fully saturated rings. The summed E-state index contributed by atoms with van der Waals surface area (Å²) in [4.78, 5) is 13.4. The first kappa shape index (κ1) is 7.65. The summed E-state index contributed by atoms with van der Waals surface area (Å²) in [6, 6.07) is 1.21. The predicted octanol–water partition coefficient (Wildman–Crippen LogP) is 1.34. The number of hydrogen-bond donors (Lipinski definition) is 1. The Balaban J connectivity index is 2.69. The van der Waals surface area contributed by atoms with Crippen molar-refractivity contribution in [3.63, 3.8) is 0 Å². The Kier molecular flexibility index (Phi) is 2.15. The Hall–Kier alpha value is -1.45. The molecule has 1 heterocycles. The second-order valence-corrected chi connectivity index (χ2v) is 1.97. The number of nitrogens with one attached hydrogen (secondary N) is 1. The number of rotatable bonds is 2. The van der Waals surface area contributed by atoms with E-state index >= 15 is 0 Å². The van der Waals surface area contributed by atoms with Crippen molar-refractivity contribution in [2.24, 2.45) is 0 Å². The summed E-state index contributed by atoms with van der Waals surface area (Å²) in [6.07, 6.45) is 1.21. The number of ether oxygens (including phenoxy) is 1. The smallest absolute Gasteiger partial charge is 0.354 e. The molecule has 0 saturated carbocycles. The Labute approximate surface area is 63.8 Å². The Morgan fingerprint density at radius 2 is 2.45 bits per heavy atom. The van der Waals surface area contributed by atoms with Crippen molar-refractivity contribution in [1.82, 2.24) is 4.98 Å². The lowest BCUT2D eigenvalue weighted by Gasteiger charge is -1.96. The van der Waals surface area contributed by atoms with Crippen LogP contribution in [0.4, 0.5) is 0 Å². The zero-order valence-corrected chi connectivity index (χ0v) is 6.09. The van der Waals surface area contributed by atoms with Crippen molar-refractivity contribution in [3.05, 3.63) is 18.0 Å². The Morgan fingerprint density at radius 3 is 2.91 bits per heavy atom. The molecule has 1 N–H and O–H groups in total. The van der Waals surface area contributed by atoms with E-state index in [0.29, 0.717) is 6.61 Å². The molecule has 1 rings (SSSR count). The highest BCUT2D eigenvalue weighted by Gasteiger charge is 2.08. The summed E-state index contributed by atoms with van der Waals surface area (Å²) in [5.74, 6) is -0.706. The maximum atomic E-state index is 10.9. The van der Waals surface area contributed by atoms with Gasteiger partial charge in [0.15, 0.2) is 5.75 Å². The van der Waals surface area contributed by atoms with E-state index in [1.54, 1.807) is 6.92 Å². The zero-order valence-electron chi connectivity index (χ0n) is 6.09. The summed E-state index contributed by atoms with van der Waals surface area (Å²) in [7, 11) is 0. The second kappa shape index (κ2) is 3.09. The van der Waals surface area contributed by atoms with Crippen molar-refractivity contribution in [3.8, 4) is 5.75 Å². The SMILES string of the molecule is CCOC(=O)c1cc([O])c[nH]1. The Morgan fingerprint density at radius 1 is 1.73 bits per heavy atom. The molecule has 1 aromatic heterocycles. The first-order valence-corrected chi connectivity index (χ1v) is 3.26. The highest BCUT2D eigenvalue weighted by molar-refractivity contribution is 5.87. The lowest BCUT2D eigenvalue weighted by atomic mass is 10.4. The number of carbonyl (C=O) groups excluding carboxylic acids is 1. The molecule has 0 saturated heterocycles. The van der Waals surface area contributed by atoms with Crippen LogP contribution in [0, 0.1) is 0 Å². The molecular weight excluding hydrogens is 146 g/mol. The van der Waals surface area contributed by atoms with Crippen LogP contribution in [-0.2, 0) is 9.84 Å². The standard InChI is InChI=1S/C7H8NO3/c1-2-11-7(10)6-3-5(9)4-8-6/h3-4,8H,2H2,1H3. The molecule has 0 unspecified atom stereocenters. The monoisotopic (exact) mass is 154 g/mol. The van der Waals surface area contributed by atoms with Crippen molar-refractivity contribution in [1.29, 1.82) is 0 Å². The van der Waals surface area contributed by atoms with Crippen LogP contribution in [0.5, 0.6) is 5.75 Å². The van der Waals surface area contributed by atoms with Gasteiger partial charge in [-0.3, -0.25) is 5.11 Å². The molecule has 0 aromatic carbocycles. The van der Waals surface area contributed by atoms with Gasteiger partial charge in [-0.2, -0.15) is 0 Å². The summed E-state index contributed by atoms with van der Waals surface area (Å²) in [5.41, 5.74) is 0.205. The van der Waals surface area contributed by atoms with Crippen molar-refractivity contribution in [2.75, 3.05) is 6.61 Å². The topological polar surface area (TPSA) is 62.0 Å². The molecule has 4 heteroatoms. The second-order valence-electron chi connectivity index (χ2n) is 1.97. The first-order valence-electron chi connectivity index (χ1n) is 3.26. The third-order valence-electron chi connectivity index (χ3n) is 1.15. The summed E-state index contributed by atoms with van der Waals surface area (Å²) < 4.78 is 4.63. The number of H-pyrrole nitrogens is 1. The van der Waals surface area contributed by atoms with Gasteiger partial charge in [-0.1, -0.05) is 0 Å². The molecule has 59 valence electrons. The van der Waals surface area contributed by atoms with Crippen LogP contribution in [-0.4, -0.2) is 17.6 Å². The van der Waals surface area contributed by atoms with Gasteiger partial charge in [-0.25, -0.2) is 4.79 Å². The van der Waals surface area contributed by atoms with Gasteiger partial charge in [-0.05, 0) is 6.92 Å². The van der Waals surface area contributed by atoms with Crippen molar-refractivity contribution in [2.45, 2.75) is 6.92 Å². The minimum absolute atomic E-state index is 0.205. The van der Waals surface area contributed by atoms with Crippen LogP contribution in [0.15, 0.2) is 12.3 Å². The fraction of sp³-hybridized carbons (Fsp3) is 0.286. The Bertz CT molecular complexity index is 254. The normalized spacial score (nSPS) is 9.55. The van der Waals surface area contributed by atoms with E-state index in [2.05, 4.69) is 9.72 Å². The third kappa shape index (κ3) is 1.73. The molecule has 11 heavy (non-hydrogen) atoms. The van der Waals surface area contributed by atoms with Crippen molar-refractivity contribution < 1.29 is 14.6 Å². The van der Waals surface area contributed by atoms with Gasteiger partial charge in [0.25, 0.3) is 0 Å². The number of esters is 1. The van der Waals surface area contributed by atoms with Crippen LogP contribution in [0.3, 0.4) is 0 Å². The average Bonchev–Trinajstić information content (AvgIpc) is 2.36. The molecule has 0 aliphatic carbocycles. The summed E-state index contributed by atoms with van der Waals surface area (Å²) in [5, 5.41) is 10.6. The van der Waals surface area contributed by atoms with E-state index in [1.165, 1.54) is 12.3 Å². The minimum Gasteiger partial charge on any atom is -0.461 e. The van der Waals surface area contributed by atoms with Crippen LogP contribution in [0.1, 0.15) is 17.4 Å². The van der Waals surface area contributed by atoms with E-state index in [-0.39, 0.29) is 11.4 Å². The maximum Gasteiger partial charge on any atom is 0.354 e. The van der Waals surface area contributed by atoms with Gasteiger partial charge in [0.05, 0.1) is 6.61 Å². The van der Waals surface area contributed by atoms with Gasteiger partial charge in [0, 0.05) is 12.3 Å². The molecule has 0 amide bonds. The largest absolute Gasteiger partial charge is 0.461 e. The van der Waals surface area contributed by atoms with Crippen molar-refractivity contribution >= 4 is 5.97 Å². The highest BCUT2D eigenvalue weighted by atomic mass is 16.5. The average molecular weight is 154 g/mol. The molecule has 0 aliphatic heterocycles. The van der Waals surface area contributed by atoms with Gasteiger partial charge < -0.3 is 9.72 Å². The molecule has 0 atom stereocenters. The van der Waals surface area contributed by atoms with Crippen LogP contribution >= 0.6 is 0 Å². The third-order valence-corrected chi connectivity index (χ3v) is 1.15. The van der Waals surface area contributed by atoms with Gasteiger partial charge in [0.1, 0.15) is 5.69 Å². The molecule has 1 radical (unpaired) electrons. The fourth-order valence-electron chi connectivity index (χ4n) is 0.701. The van der Waals surface area contributed by atoms with Gasteiger partial charge in [-0.15, -0.1) is 0 Å². The quantitative estimate of drug-likeness (QED) is 0.653. The van der Waals surface area contributed by atoms with E-state index in [9.17, 15) is 9.90 Å². The lowest BCUT2D eigenvalue weighted by molar-refractivity contribution is 0.0520. The van der Waals surface area contributed by atoms with Gasteiger partial charge in [0.2, 0.25) is 0 Å². The van der Waals surface area contributed by atoms with E-state index in [0.717, 1.165) is 0 Å².